The number of nitrogens with zero attached hydrogens (tertiary/aromatic N) is 6. The van der Waals surface area contributed by atoms with Gasteiger partial charge in [-0.3, -0.25) is 4.98 Å². The molecule has 7 nitrogen and oxygen atoms in total. The van der Waals surface area contributed by atoms with Crippen LogP contribution in [0.25, 0.3) is 11.0 Å². The number of hydrogen-bond acceptors (Lipinski definition) is 5. The summed E-state index contributed by atoms with van der Waals surface area (Å²) in [5.74, 6) is 1.47. The van der Waals surface area contributed by atoms with E-state index in [1.54, 1.807) is 0 Å². The van der Waals surface area contributed by atoms with Crippen LogP contribution >= 0.6 is 0 Å². The summed E-state index contributed by atoms with van der Waals surface area (Å²) in [4.78, 5) is 18.1. The number of aliphatic imine (C=N–C) groups is 1. The maximum absolute atomic E-state index is 9.40. The van der Waals surface area contributed by atoms with Crippen LogP contribution in [0.4, 0.5) is 11.5 Å². The number of benzene rings is 2. The fourth-order valence-corrected chi connectivity index (χ4v) is 4.13. The molecule has 1 fully saturated rings. The summed E-state index contributed by atoms with van der Waals surface area (Å²) in [6.45, 7) is 10.9. The Hall–Kier alpha value is -3.66. The second kappa shape index (κ2) is 8.83. The number of nitrogens with one attached hydrogen (secondary N) is 1. The summed E-state index contributed by atoms with van der Waals surface area (Å²) < 4.78 is 0. The Bertz CT molecular complexity index is 1170. The number of guanidine groups is 1. The van der Waals surface area contributed by atoms with Gasteiger partial charge in [0.2, 0.25) is 12.2 Å². The van der Waals surface area contributed by atoms with Crippen LogP contribution in [0.1, 0.15) is 26.3 Å². The number of fused-ring (bicyclic) bond motifs is 1. The lowest BCUT2D eigenvalue weighted by atomic mass is 9.84. The van der Waals surface area contributed by atoms with Crippen molar-refractivity contribution < 1.29 is 0 Å². The molecule has 7 heteroatoms. The zero-order valence-electron chi connectivity index (χ0n) is 19.1. The summed E-state index contributed by atoms with van der Waals surface area (Å²) in [5.41, 5.74) is 3.81. The second-order valence-corrected chi connectivity index (χ2v) is 9.21. The minimum Gasteiger partial charge on any atom is -0.351 e. The maximum Gasteiger partial charge on any atom is 0.214 e. The highest BCUT2D eigenvalue weighted by molar-refractivity contribution is 5.95. The predicted octanol–water partition coefficient (Wildman–Crippen LogP) is 4.42. The van der Waals surface area contributed by atoms with Crippen molar-refractivity contribution >= 4 is 28.5 Å². The van der Waals surface area contributed by atoms with E-state index in [9.17, 15) is 5.26 Å². The van der Waals surface area contributed by atoms with Crippen LogP contribution in [0.2, 0.25) is 0 Å². The molecule has 1 atom stereocenters. The van der Waals surface area contributed by atoms with Gasteiger partial charge in [-0.2, -0.15) is 5.26 Å². The average molecular weight is 428 g/mol. The fraction of sp³-hybridized carbons (Fsp3) is 0.360. The lowest BCUT2D eigenvalue weighted by Crippen LogP contribution is -2.61. The molecular formula is C25H29N7. The predicted molar refractivity (Wildman–Crippen MR) is 130 cm³/mol. The Morgan fingerprint density at radius 2 is 1.81 bits per heavy atom. The van der Waals surface area contributed by atoms with Gasteiger partial charge in [-0.05, 0) is 36.1 Å². The summed E-state index contributed by atoms with van der Waals surface area (Å²) in [7, 11) is 0. The molecule has 1 aromatic heterocycles. The normalized spacial score (nSPS) is 17.3. The number of piperazine rings is 1. The van der Waals surface area contributed by atoms with E-state index in [0.717, 1.165) is 47.7 Å². The van der Waals surface area contributed by atoms with Gasteiger partial charge in [0.25, 0.3) is 0 Å². The van der Waals surface area contributed by atoms with Crippen LogP contribution in [0.3, 0.4) is 0 Å². The monoisotopic (exact) mass is 427 g/mol. The Morgan fingerprint density at radius 1 is 1.09 bits per heavy atom. The lowest BCUT2D eigenvalue weighted by Gasteiger charge is -2.48. The smallest absolute Gasteiger partial charge is 0.214 e. The van der Waals surface area contributed by atoms with Crippen molar-refractivity contribution in [3.8, 4) is 6.19 Å². The Balaban J connectivity index is 1.62. The van der Waals surface area contributed by atoms with E-state index in [1.807, 2.05) is 67.8 Å². The molecule has 4 rings (SSSR count). The Labute approximate surface area is 189 Å². The molecule has 0 saturated carbocycles. The van der Waals surface area contributed by atoms with E-state index >= 15 is 0 Å². The molecule has 1 aliphatic rings. The van der Waals surface area contributed by atoms with Crippen molar-refractivity contribution in [1.82, 2.24) is 14.9 Å². The van der Waals surface area contributed by atoms with E-state index in [1.165, 1.54) is 0 Å². The van der Waals surface area contributed by atoms with Gasteiger partial charge in [0.1, 0.15) is 5.82 Å². The molecule has 1 N–H and O–H groups in total. The van der Waals surface area contributed by atoms with Gasteiger partial charge in [0.05, 0.1) is 23.3 Å². The van der Waals surface area contributed by atoms with Crippen molar-refractivity contribution in [2.75, 3.05) is 29.9 Å². The average Bonchev–Trinajstić information content (AvgIpc) is 2.79. The summed E-state index contributed by atoms with van der Waals surface area (Å²) >= 11 is 0. The van der Waals surface area contributed by atoms with Crippen LogP contribution in [-0.4, -0.2) is 46.5 Å². The molecule has 164 valence electrons. The van der Waals surface area contributed by atoms with Crippen LogP contribution in [0, 0.1) is 23.8 Å². The molecule has 1 unspecified atom stereocenters. The SMILES string of the molecule is Cc1ccccc1N/C(=N/C#N)N1CCN(c2cnc3ccccc3n2)CC1C(C)(C)C. The molecule has 3 aromatic rings. The van der Waals surface area contributed by atoms with Crippen molar-refractivity contribution in [3.63, 3.8) is 0 Å². The largest absolute Gasteiger partial charge is 0.351 e. The van der Waals surface area contributed by atoms with E-state index < -0.39 is 0 Å². The van der Waals surface area contributed by atoms with Crippen LogP contribution in [0.15, 0.2) is 59.7 Å². The quantitative estimate of drug-likeness (QED) is 0.370. The molecule has 0 spiro atoms. The van der Waals surface area contributed by atoms with Crippen LogP contribution < -0.4 is 10.2 Å². The van der Waals surface area contributed by atoms with Gasteiger partial charge in [-0.25, -0.2) is 4.98 Å². The number of rotatable bonds is 2. The first-order chi connectivity index (χ1) is 15.4. The highest BCUT2D eigenvalue weighted by atomic mass is 15.4. The molecule has 2 heterocycles. The third-order valence-electron chi connectivity index (χ3n) is 5.96. The minimum absolute atomic E-state index is 0.0490. The molecule has 1 aliphatic heterocycles. The van der Waals surface area contributed by atoms with Crippen molar-refractivity contribution in [2.24, 2.45) is 10.4 Å². The van der Waals surface area contributed by atoms with Gasteiger partial charge >= 0.3 is 0 Å². The molecule has 32 heavy (non-hydrogen) atoms. The first-order valence-corrected chi connectivity index (χ1v) is 10.9. The highest BCUT2D eigenvalue weighted by Crippen LogP contribution is 2.30. The molecule has 0 amide bonds. The van der Waals surface area contributed by atoms with E-state index in [2.05, 4.69) is 45.9 Å². The number of anilines is 2. The van der Waals surface area contributed by atoms with Gasteiger partial charge in [0.15, 0.2) is 0 Å². The minimum atomic E-state index is -0.0490. The number of nitriles is 1. The van der Waals surface area contributed by atoms with Crippen molar-refractivity contribution in [3.05, 3.63) is 60.3 Å². The molecule has 0 aliphatic carbocycles. The van der Waals surface area contributed by atoms with Crippen LogP contribution in [-0.2, 0) is 0 Å². The van der Waals surface area contributed by atoms with Gasteiger partial charge in [0, 0.05) is 25.3 Å². The molecule has 0 radical (unpaired) electrons. The number of para-hydroxylation sites is 3. The van der Waals surface area contributed by atoms with Crippen LogP contribution in [0.5, 0.6) is 0 Å². The second-order valence-electron chi connectivity index (χ2n) is 9.21. The summed E-state index contributed by atoms with van der Waals surface area (Å²) in [5, 5.41) is 12.8. The fourth-order valence-electron chi connectivity index (χ4n) is 4.13. The van der Waals surface area contributed by atoms with E-state index in [4.69, 9.17) is 4.98 Å². The summed E-state index contributed by atoms with van der Waals surface area (Å²) in [6.07, 6.45) is 3.84. The number of aryl methyl sites for hydroxylation is 1. The highest BCUT2D eigenvalue weighted by Gasteiger charge is 2.38. The van der Waals surface area contributed by atoms with E-state index in [0.29, 0.717) is 5.96 Å². The molecular weight excluding hydrogens is 398 g/mol. The molecule has 2 aromatic carbocycles. The van der Waals surface area contributed by atoms with Gasteiger partial charge < -0.3 is 15.1 Å². The van der Waals surface area contributed by atoms with Crippen molar-refractivity contribution in [2.45, 2.75) is 33.7 Å². The molecule has 1 saturated heterocycles. The zero-order valence-corrected chi connectivity index (χ0v) is 19.1. The van der Waals surface area contributed by atoms with Gasteiger partial charge in [-0.15, -0.1) is 4.99 Å². The number of aromatic nitrogens is 2. The molecule has 0 bridgehead atoms. The van der Waals surface area contributed by atoms with Gasteiger partial charge in [-0.1, -0.05) is 51.1 Å². The Morgan fingerprint density at radius 3 is 2.53 bits per heavy atom. The number of hydrogen-bond donors (Lipinski definition) is 1. The third kappa shape index (κ3) is 4.50. The maximum atomic E-state index is 9.40. The van der Waals surface area contributed by atoms with Crippen molar-refractivity contribution in [1.29, 1.82) is 5.26 Å². The lowest BCUT2D eigenvalue weighted by molar-refractivity contribution is 0.151. The zero-order chi connectivity index (χ0) is 22.7. The Kier molecular flexibility index (Phi) is 5.95. The topological polar surface area (TPSA) is 80.4 Å². The first kappa shape index (κ1) is 21.6. The third-order valence-corrected chi connectivity index (χ3v) is 5.96. The summed E-state index contributed by atoms with van der Waals surface area (Å²) in [6, 6.07) is 16.1. The standard InChI is InChI=1S/C25H29N7/c1-18-9-5-6-10-19(18)30-24(28-17-26)32-14-13-31(16-22(32)25(2,3)4)23-15-27-20-11-7-8-12-21(20)29-23/h5-12,15,22H,13-14,16H2,1-4H3,(H,28,30). The first-order valence-electron chi connectivity index (χ1n) is 10.9. The van der Waals surface area contributed by atoms with E-state index in [-0.39, 0.29) is 11.5 Å².